The lowest BCUT2D eigenvalue weighted by atomic mass is 10.2. The van der Waals surface area contributed by atoms with Crippen molar-refractivity contribution in [3.05, 3.63) is 36.2 Å². The van der Waals surface area contributed by atoms with Crippen molar-refractivity contribution in [2.75, 3.05) is 20.2 Å². The molecule has 0 spiro atoms. The molecule has 0 amide bonds. The zero-order valence-electron chi connectivity index (χ0n) is 12.4. The largest absolute Gasteiger partial charge is 0.466 e. The molecular formula is C15H16F3N3O2. The van der Waals surface area contributed by atoms with Gasteiger partial charge in [-0.1, -0.05) is 6.07 Å². The molecule has 1 aromatic heterocycles. The highest BCUT2D eigenvalue weighted by Gasteiger charge is 2.25. The molecule has 0 saturated heterocycles. The van der Waals surface area contributed by atoms with Gasteiger partial charge >= 0.3 is 12.1 Å². The van der Waals surface area contributed by atoms with Gasteiger partial charge in [0.15, 0.2) is 0 Å². The van der Waals surface area contributed by atoms with Gasteiger partial charge in [0.25, 0.3) is 0 Å². The number of ether oxygens (including phenoxy) is 1. The first-order valence-corrected chi connectivity index (χ1v) is 6.87. The maximum Gasteiger partial charge on any atom is 0.401 e. The minimum Gasteiger partial charge on any atom is -0.466 e. The summed E-state index contributed by atoms with van der Waals surface area (Å²) in [5.41, 5.74) is 2.30. The third kappa shape index (κ3) is 5.10. The Labute approximate surface area is 130 Å². The molecule has 1 aromatic carbocycles. The maximum atomic E-state index is 12.1. The Morgan fingerprint density at radius 1 is 1.43 bits per heavy atom. The molecule has 0 fully saturated rings. The van der Waals surface area contributed by atoms with Gasteiger partial charge in [0, 0.05) is 19.2 Å². The van der Waals surface area contributed by atoms with Crippen LogP contribution >= 0.6 is 0 Å². The predicted octanol–water partition coefficient (Wildman–Crippen LogP) is 2.37. The number of methoxy groups -OCH3 is 1. The molecular weight excluding hydrogens is 311 g/mol. The number of fused-ring (bicyclic) bond motifs is 1. The summed E-state index contributed by atoms with van der Waals surface area (Å²) in [4.78, 5) is 15.3. The first-order chi connectivity index (χ1) is 10.9. The summed E-state index contributed by atoms with van der Waals surface area (Å²) in [6.45, 7) is -0.443. The standard InChI is InChI=1S/C15H16F3N3O2/c1-23-14(22)5-3-11-2-4-13-12(8-11)20-10-21(13)7-6-19-9-15(16,17)18/h2-5,8,10,19H,6-7,9H2,1H3. The number of carbonyl (C=O) groups excluding carboxylic acids is 1. The van der Waals surface area contributed by atoms with Crippen LogP contribution < -0.4 is 5.32 Å². The monoisotopic (exact) mass is 327 g/mol. The zero-order valence-corrected chi connectivity index (χ0v) is 12.4. The quantitative estimate of drug-likeness (QED) is 0.503. The number of halogens is 3. The van der Waals surface area contributed by atoms with Crippen molar-refractivity contribution in [2.45, 2.75) is 12.7 Å². The molecule has 1 heterocycles. The van der Waals surface area contributed by atoms with Gasteiger partial charge in [0.05, 0.1) is 31.0 Å². The van der Waals surface area contributed by atoms with Gasteiger partial charge in [0.2, 0.25) is 0 Å². The van der Waals surface area contributed by atoms with E-state index in [1.54, 1.807) is 29.1 Å². The highest BCUT2D eigenvalue weighted by Crippen LogP contribution is 2.16. The average molecular weight is 327 g/mol. The molecule has 0 saturated carbocycles. The number of alkyl halides is 3. The van der Waals surface area contributed by atoms with Crippen LogP contribution in [0.2, 0.25) is 0 Å². The minimum absolute atomic E-state index is 0.189. The second-order valence-electron chi connectivity index (χ2n) is 4.83. The van der Waals surface area contributed by atoms with Crippen LogP contribution in [0.25, 0.3) is 17.1 Å². The van der Waals surface area contributed by atoms with Gasteiger partial charge in [-0.05, 0) is 23.8 Å². The smallest absolute Gasteiger partial charge is 0.401 e. The van der Waals surface area contributed by atoms with Crippen molar-refractivity contribution < 1.29 is 22.7 Å². The first kappa shape index (κ1) is 17.0. The topological polar surface area (TPSA) is 56.1 Å². The number of nitrogens with one attached hydrogen (secondary N) is 1. The second kappa shape index (κ2) is 7.28. The summed E-state index contributed by atoms with van der Waals surface area (Å²) in [6, 6.07) is 5.39. The van der Waals surface area contributed by atoms with E-state index in [1.807, 2.05) is 6.07 Å². The lowest BCUT2D eigenvalue weighted by Crippen LogP contribution is -2.31. The molecule has 23 heavy (non-hydrogen) atoms. The Bertz CT molecular complexity index is 708. The number of aromatic nitrogens is 2. The maximum absolute atomic E-state index is 12.1. The highest BCUT2D eigenvalue weighted by atomic mass is 19.4. The Kier molecular flexibility index (Phi) is 5.38. The summed E-state index contributed by atoms with van der Waals surface area (Å²) in [6.07, 6.45) is 0.278. The molecule has 2 rings (SSSR count). The van der Waals surface area contributed by atoms with Crippen LogP contribution in [0.3, 0.4) is 0 Å². The molecule has 0 aliphatic carbocycles. The highest BCUT2D eigenvalue weighted by molar-refractivity contribution is 5.88. The van der Waals surface area contributed by atoms with Crippen LogP contribution in [0.4, 0.5) is 13.2 Å². The van der Waals surface area contributed by atoms with E-state index in [0.717, 1.165) is 11.1 Å². The Hall–Kier alpha value is -2.35. The second-order valence-corrected chi connectivity index (χ2v) is 4.83. The summed E-state index contributed by atoms with van der Waals surface area (Å²) < 4.78 is 42.4. The van der Waals surface area contributed by atoms with Gasteiger partial charge in [-0.15, -0.1) is 0 Å². The molecule has 0 bridgehead atoms. The molecule has 1 N–H and O–H groups in total. The Morgan fingerprint density at radius 3 is 2.91 bits per heavy atom. The lowest BCUT2D eigenvalue weighted by Gasteiger charge is -2.09. The fourth-order valence-electron chi connectivity index (χ4n) is 2.02. The number of nitrogens with zero attached hydrogens (tertiary/aromatic N) is 2. The minimum atomic E-state index is -4.21. The van der Waals surface area contributed by atoms with Crippen molar-refractivity contribution >= 4 is 23.1 Å². The van der Waals surface area contributed by atoms with E-state index in [1.165, 1.54) is 13.2 Å². The van der Waals surface area contributed by atoms with Crippen LogP contribution in [0.15, 0.2) is 30.6 Å². The average Bonchev–Trinajstić information content (AvgIpc) is 2.90. The van der Waals surface area contributed by atoms with Crippen LogP contribution in [-0.2, 0) is 16.1 Å². The van der Waals surface area contributed by atoms with Gasteiger partial charge in [0.1, 0.15) is 0 Å². The van der Waals surface area contributed by atoms with E-state index in [0.29, 0.717) is 12.1 Å². The lowest BCUT2D eigenvalue weighted by molar-refractivity contribution is -0.134. The molecule has 0 radical (unpaired) electrons. The number of esters is 1. The van der Waals surface area contributed by atoms with E-state index in [9.17, 15) is 18.0 Å². The number of hydrogen-bond donors (Lipinski definition) is 1. The number of hydrogen-bond acceptors (Lipinski definition) is 4. The van der Waals surface area contributed by atoms with E-state index < -0.39 is 18.7 Å². The van der Waals surface area contributed by atoms with Crippen LogP contribution in [0.5, 0.6) is 0 Å². The van der Waals surface area contributed by atoms with Crippen LogP contribution in [-0.4, -0.2) is 41.9 Å². The molecule has 2 aromatic rings. The number of rotatable bonds is 6. The molecule has 8 heteroatoms. The number of benzene rings is 1. The molecule has 0 aliphatic rings. The van der Waals surface area contributed by atoms with Crippen molar-refractivity contribution in [1.29, 1.82) is 0 Å². The summed E-state index contributed by atoms with van der Waals surface area (Å²) in [5, 5.41) is 2.34. The third-order valence-corrected chi connectivity index (χ3v) is 3.11. The summed E-state index contributed by atoms with van der Waals surface area (Å²) in [5.74, 6) is -0.452. The van der Waals surface area contributed by atoms with E-state index in [-0.39, 0.29) is 6.54 Å². The molecule has 124 valence electrons. The van der Waals surface area contributed by atoms with E-state index in [4.69, 9.17) is 0 Å². The summed E-state index contributed by atoms with van der Waals surface area (Å²) in [7, 11) is 1.30. The van der Waals surface area contributed by atoms with Crippen molar-refractivity contribution in [3.8, 4) is 0 Å². The fourth-order valence-corrected chi connectivity index (χ4v) is 2.02. The van der Waals surface area contributed by atoms with Crippen molar-refractivity contribution in [1.82, 2.24) is 14.9 Å². The van der Waals surface area contributed by atoms with E-state index >= 15 is 0 Å². The van der Waals surface area contributed by atoms with Crippen LogP contribution in [0, 0.1) is 0 Å². The van der Waals surface area contributed by atoms with Crippen molar-refractivity contribution in [3.63, 3.8) is 0 Å². The number of imidazole rings is 1. The fraction of sp³-hybridized carbons (Fsp3) is 0.333. The van der Waals surface area contributed by atoms with Gasteiger partial charge in [-0.3, -0.25) is 0 Å². The Balaban J connectivity index is 2.01. The normalized spacial score (nSPS) is 12.2. The molecule has 0 atom stereocenters. The van der Waals surface area contributed by atoms with Gasteiger partial charge in [-0.2, -0.15) is 13.2 Å². The zero-order chi connectivity index (χ0) is 16.9. The van der Waals surface area contributed by atoms with Crippen LogP contribution in [0.1, 0.15) is 5.56 Å². The molecule has 5 nitrogen and oxygen atoms in total. The SMILES string of the molecule is COC(=O)C=Cc1ccc2c(c1)ncn2CCNCC(F)(F)F. The first-order valence-electron chi connectivity index (χ1n) is 6.87. The molecule has 0 unspecified atom stereocenters. The summed E-state index contributed by atoms with van der Waals surface area (Å²) >= 11 is 0. The Morgan fingerprint density at radius 2 is 2.22 bits per heavy atom. The molecule has 0 aliphatic heterocycles. The predicted molar refractivity (Wildman–Crippen MR) is 79.7 cm³/mol. The van der Waals surface area contributed by atoms with E-state index in [2.05, 4.69) is 15.0 Å². The third-order valence-electron chi connectivity index (χ3n) is 3.11. The van der Waals surface area contributed by atoms with Crippen molar-refractivity contribution in [2.24, 2.45) is 0 Å². The van der Waals surface area contributed by atoms with Gasteiger partial charge < -0.3 is 14.6 Å². The number of carbonyl (C=O) groups is 1. The van der Waals surface area contributed by atoms with Gasteiger partial charge in [-0.25, -0.2) is 9.78 Å².